The van der Waals surface area contributed by atoms with Crippen molar-refractivity contribution in [2.24, 2.45) is 5.73 Å². The summed E-state index contributed by atoms with van der Waals surface area (Å²) in [4.78, 5) is 11.5. The smallest absolute Gasteiger partial charge is 0.342 e. The standard InChI is InChI=1S/C18H20FNO3/c1-2-22-18(21)16(19)17(20)14-10-6-7-11-15(14)23-12-13-8-4-3-5-9-13/h3-11,16-17H,2,12,20H2,1H3/t16?,17-/m0/s1. The summed E-state index contributed by atoms with van der Waals surface area (Å²) in [6.07, 6.45) is -1.93. The molecular weight excluding hydrogens is 297 g/mol. The lowest BCUT2D eigenvalue weighted by molar-refractivity contribution is -0.149. The van der Waals surface area contributed by atoms with Crippen LogP contribution in [0.1, 0.15) is 24.1 Å². The Labute approximate surface area is 135 Å². The molecule has 122 valence electrons. The molecule has 2 rings (SSSR count). The lowest BCUT2D eigenvalue weighted by atomic mass is 10.0. The fourth-order valence-corrected chi connectivity index (χ4v) is 2.15. The summed E-state index contributed by atoms with van der Waals surface area (Å²) < 4.78 is 24.6. The van der Waals surface area contributed by atoms with E-state index in [1.54, 1.807) is 31.2 Å². The average molecular weight is 317 g/mol. The molecule has 1 unspecified atom stereocenters. The summed E-state index contributed by atoms with van der Waals surface area (Å²) in [6.45, 7) is 2.06. The Balaban J connectivity index is 2.11. The minimum atomic E-state index is -1.93. The molecule has 2 aromatic rings. The van der Waals surface area contributed by atoms with Crippen molar-refractivity contribution >= 4 is 5.97 Å². The summed E-state index contributed by atoms with van der Waals surface area (Å²) in [5.74, 6) is -0.506. The zero-order valence-corrected chi connectivity index (χ0v) is 12.9. The number of esters is 1. The van der Waals surface area contributed by atoms with Gasteiger partial charge in [0, 0.05) is 5.56 Å². The topological polar surface area (TPSA) is 61.5 Å². The second-order valence-electron chi connectivity index (χ2n) is 4.99. The van der Waals surface area contributed by atoms with Crippen molar-refractivity contribution in [3.05, 3.63) is 65.7 Å². The van der Waals surface area contributed by atoms with Crippen LogP contribution < -0.4 is 10.5 Å². The Bertz CT molecular complexity index is 633. The number of carbonyl (C=O) groups is 1. The van der Waals surface area contributed by atoms with Crippen LogP contribution in [0.2, 0.25) is 0 Å². The summed E-state index contributed by atoms with van der Waals surface area (Å²) in [5, 5.41) is 0. The maximum Gasteiger partial charge on any atom is 0.342 e. The lowest BCUT2D eigenvalue weighted by Crippen LogP contribution is -2.31. The van der Waals surface area contributed by atoms with Crippen molar-refractivity contribution in [3.63, 3.8) is 0 Å². The fraction of sp³-hybridized carbons (Fsp3) is 0.278. The van der Waals surface area contributed by atoms with Crippen LogP contribution in [0.25, 0.3) is 0 Å². The van der Waals surface area contributed by atoms with Gasteiger partial charge < -0.3 is 15.2 Å². The average Bonchev–Trinajstić information content (AvgIpc) is 2.60. The van der Waals surface area contributed by atoms with E-state index in [9.17, 15) is 9.18 Å². The van der Waals surface area contributed by atoms with Crippen molar-refractivity contribution in [2.75, 3.05) is 6.61 Å². The van der Waals surface area contributed by atoms with Crippen LogP contribution in [0.5, 0.6) is 5.75 Å². The first kappa shape index (κ1) is 17.0. The number of carbonyl (C=O) groups excluding carboxylic acids is 1. The monoisotopic (exact) mass is 317 g/mol. The van der Waals surface area contributed by atoms with Gasteiger partial charge in [-0.25, -0.2) is 9.18 Å². The van der Waals surface area contributed by atoms with Gasteiger partial charge in [-0.05, 0) is 18.6 Å². The van der Waals surface area contributed by atoms with E-state index in [-0.39, 0.29) is 6.61 Å². The third kappa shape index (κ3) is 4.53. The molecule has 0 saturated heterocycles. The highest BCUT2D eigenvalue weighted by molar-refractivity contribution is 5.76. The number of halogens is 1. The number of hydrogen-bond donors (Lipinski definition) is 1. The second kappa shape index (κ2) is 8.29. The second-order valence-corrected chi connectivity index (χ2v) is 4.99. The van der Waals surface area contributed by atoms with Gasteiger partial charge >= 0.3 is 5.97 Å². The molecule has 0 aliphatic heterocycles. The predicted octanol–water partition coefficient (Wildman–Crippen LogP) is 3.17. The normalized spacial score (nSPS) is 13.2. The first-order chi connectivity index (χ1) is 11.1. The molecule has 2 aromatic carbocycles. The third-order valence-corrected chi connectivity index (χ3v) is 3.34. The van der Waals surface area contributed by atoms with Crippen molar-refractivity contribution in [3.8, 4) is 5.75 Å². The van der Waals surface area contributed by atoms with E-state index < -0.39 is 18.2 Å². The zero-order chi connectivity index (χ0) is 16.7. The SMILES string of the molecule is CCOC(=O)C(F)[C@@H](N)c1ccccc1OCc1ccccc1. The maximum absolute atomic E-state index is 14.2. The summed E-state index contributed by atoms with van der Waals surface area (Å²) in [6, 6.07) is 15.3. The largest absolute Gasteiger partial charge is 0.489 e. The van der Waals surface area contributed by atoms with E-state index in [0.29, 0.717) is 17.9 Å². The third-order valence-electron chi connectivity index (χ3n) is 3.34. The van der Waals surface area contributed by atoms with Crippen LogP contribution in [-0.2, 0) is 16.1 Å². The van der Waals surface area contributed by atoms with Gasteiger partial charge in [-0.2, -0.15) is 0 Å². The van der Waals surface area contributed by atoms with Gasteiger partial charge in [-0.1, -0.05) is 48.5 Å². The van der Waals surface area contributed by atoms with Gasteiger partial charge in [0.1, 0.15) is 12.4 Å². The predicted molar refractivity (Wildman–Crippen MR) is 85.7 cm³/mol. The molecule has 5 heteroatoms. The Morgan fingerprint density at radius 1 is 1.13 bits per heavy atom. The Morgan fingerprint density at radius 2 is 1.78 bits per heavy atom. The molecule has 0 radical (unpaired) electrons. The number of para-hydroxylation sites is 1. The van der Waals surface area contributed by atoms with E-state index >= 15 is 0 Å². The zero-order valence-electron chi connectivity index (χ0n) is 12.9. The summed E-state index contributed by atoms with van der Waals surface area (Å²) >= 11 is 0. The minimum absolute atomic E-state index is 0.109. The van der Waals surface area contributed by atoms with Crippen LogP contribution in [-0.4, -0.2) is 18.7 Å². The van der Waals surface area contributed by atoms with Crippen LogP contribution in [0.4, 0.5) is 4.39 Å². The van der Waals surface area contributed by atoms with Crippen LogP contribution in [0.3, 0.4) is 0 Å². The van der Waals surface area contributed by atoms with Gasteiger partial charge in [-0.3, -0.25) is 0 Å². The van der Waals surface area contributed by atoms with E-state index in [2.05, 4.69) is 4.74 Å². The molecule has 4 nitrogen and oxygen atoms in total. The number of rotatable bonds is 7. The Hall–Kier alpha value is -2.40. The highest BCUT2D eigenvalue weighted by Crippen LogP contribution is 2.28. The minimum Gasteiger partial charge on any atom is -0.489 e. The molecule has 0 heterocycles. The molecule has 0 saturated carbocycles. The highest BCUT2D eigenvalue weighted by Gasteiger charge is 2.29. The highest BCUT2D eigenvalue weighted by atomic mass is 19.1. The van der Waals surface area contributed by atoms with Gasteiger partial charge in [-0.15, -0.1) is 0 Å². The number of nitrogens with two attached hydrogens (primary N) is 1. The molecule has 0 bridgehead atoms. The summed E-state index contributed by atoms with van der Waals surface area (Å²) in [5.41, 5.74) is 7.30. The molecular formula is C18H20FNO3. The van der Waals surface area contributed by atoms with Crippen molar-refractivity contribution in [1.29, 1.82) is 0 Å². The Morgan fingerprint density at radius 3 is 2.48 bits per heavy atom. The number of hydrogen-bond acceptors (Lipinski definition) is 4. The fourth-order valence-electron chi connectivity index (χ4n) is 2.15. The Kier molecular flexibility index (Phi) is 6.11. The van der Waals surface area contributed by atoms with Gasteiger partial charge in [0.2, 0.25) is 6.17 Å². The van der Waals surface area contributed by atoms with Crippen molar-refractivity contribution in [1.82, 2.24) is 0 Å². The van der Waals surface area contributed by atoms with Crippen LogP contribution in [0.15, 0.2) is 54.6 Å². The summed E-state index contributed by atoms with van der Waals surface area (Å²) in [7, 11) is 0. The molecule has 0 fully saturated rings. The van der Waals surface area contributed by atoms with Crippen molar-refractivity contribution < 1.29 is 18.7 Å². The van der Waals surface area contributed by atoms with E-state index in [1.807, 2.05) is 30.3 Å². The van der Waals surface area contributed by atoms with Crippen LogP contribution >= 0.6 is 0 Å². The van der Waals surface area contributed by atoms with Crippen molar-refractivity contribution in [2.45, 2.75) is 25.7 Å². The first-order valence-corrected chi connectivity index (χ1v) is 7.45. The molecule has 0 aliphatic carbocycles. The number of benzene rings is 2. The molecule has 0 amide bonds. The van der Waals surface area contributed by atoms with Gasteiger partial charge in [0.15, 0.2) is 0 Å². The lowest BCUT2D eigenvalue weighted by Gasteiger charge is -2.19. The quantitative estimate of drug-likeness (QED) is 0.797. The molecule has 0 aromatic heterocycles. The molecule has 0 aliphatic rings. The maximum atomic E-state index is 14.2. The molecule has 0 spiro atoms. The number of ether oxygens (including phenoxy) is 2. The van der Waals surface area contributed by atoms with Crippen LogP contribution in [0, 0.1) is 0 Å². The van der Waals surface area contributed by atoms with E-state index in [1.165, 1.54) is 0 Å². The molecule has 23 heavy (non-hydrogen) atoms. The first-order valence-electron chi connectivity index (χ1n) is 7.45. The van der Waals surface area contributed by atoms with Gasteiger partial charge in [0.05, 0.1) is 12.6 Å². The van der Waals surface area contributed by atoms with E-state index in [4.69, 9.17) is 10.5 Å². The molecule has 2 N–H and O–H groups in total. The number of alkyl halides is 1. The molecule has 2 atom stereocenters. The van der Waals surface area contributed by atoms with E-state index in [0.717, 1.165) is 5.56 Å². The van der Waals surface area contributed by atoms with Gasteiger partial charge in [0.25, 0.3) is 0 Å².